The highest BCUT2D eigenvalue weighted by molar-refractivity contribution is 9.10. The second-order valence-electron chi connectivity index (χ2n) is 1.63. The van der Waals surface area contributed by atoms with E-state index in [1.807, 2.05) is 0 Å². The highest BCUT2D eigenvalue weighted by Crippen LogP contribution is 2.04. The quantitative estimate of drug-likeness (QED) is 0.679. The molecule has 0 aliphatic heterocycles. The summed E-state index contributed by atoms with van der Waals surface area (Å²) in [7, 11) is 0. The average Bonchev–Trinajstić information content (AvgIpc) is 1.88. The van der Waals surface area contributed by atoms with Crippen LogP contribution in [0.25, 0.3) is 0 Å². The normalized spacial score (nSPS) is 9.30. The van der Waals surface area contributed by atoms with Crippen molar-refractivity contribution in [3.63, 3.8) is 0 Å². The molecule has 1 amide bonds. The number of aromatic nitrogens is 1. The van der Waals surface area contributed by atoms with Gasteiger partial charge < -0.3 is 5.73 Å². The van der Waals surface area contributed by atoms with Crippen LogP contribution in [-0.2, 0) is 0 Å². The molecule has 51 valence electrons. The van der Waals surface area contributed by atoms with Crippen molar-refractivity contribution in [2.45, 2.75) is 0 Å². The van der Waals surface area contributed by atoms with E-state index in [0.717, 1.165) is 0 Å². The van der Waals surface area contributed by atoms with E-state index < -0.39 is 5.91 Å². The minimum atomic E-state index is -0.568. The van der Waals surface area contributed by atoms with Gasteiger partial charge in [0.15, 0.2) is 0 Å². The van der Waals surface area contributed by atoms with Crippen LogP contribution in [0.2, 0.25) is 0 Å². The Morgan fingerprint density at radius 1 is 1.80 bits per heavy atom. The average molecular weight is 200 g/mol. The van der Waals surface area contributed by atoms with Gasteiger partial charge in [-0.25, -0.2) is 4.98 Å². The maximum Gasteiger partial charge on any atom is 0.267 e. The first-order valence-corrected chi connectivity index (χ1v) is 3.33. The molecule has 4 heteroatoms. The highest BCUT2D eigenvalue weighted by atomic mass is 79.9. The van der Waals surface area contributed by atoms with E-state index in [1.54, 1.807) is 12.1 Å². The molecule has 0 spiro atoms. The lowest BCUT2D eigenvalue weighted by molar-refractivity contribution is 0.0995. The van der Waals surface area contributed by atoms with Crippen molar-refractivity contribution in [2.75, 3.05) is 0 Å². The zero-order chi connectivity index (χ0) is 7.56. The summed E-state index contributed by atoms with van der Waals surface area (Å²) < 4.78 is 0.583. The van der Waals surface area contributed by atoms with Crippen molar-refractivity contribution in [3.05, 3.63) is 28.5 Å². The third-order valence-electron chi connectivity index (χ3n) is 0.893. The Bertz CT molecular complexity index is 262. The lowest BCUT2D eigenvalue weighted by atomic mass is 10.3. The molecule has 1 rings (SSSR count). The van der Waals surface area contributed by atoms with Gasteiger partial charge in [0.2, 0.25) is 0 Å². The van der Waals surface area contributed by atoms with Crippen LogP contribution in [0.1, 0.15) is 10.5 Å². The van der Waals surface area contributed by atoms with Crippen LogP contribution in [0.5, 0.6) is 0 Å². The second kappa shape index (κ2) is 2.79. The Labute approximate surface area is 66.4 Å². The van der Waals surface area contributed by atoms with Gasteiger partial charge in [-0.3, -0.25) is 4.79 Å². The highest BCUT2D eigenvalue weighted by Gasteiger charge is 2.00. The van der Waals surface area contributed by atoms with Gasteiger partial charge >= 0.3 is 0 Å². The van der Waals surface area contributed by atoms with Crippen molar-refractivity contribution < 1.29 is 4.79 Å². The molecule has 0 aliphatic carbocycles. The first kappa shape index (κ1) is 7.21. The SMILES string of the molecule is NC(=O)c1[c]ccc(Br)n1. The zero-order valence-electron chi connectivity index (χ0n) is 4.97. The molecule has 1 radical (unpaired) electrons. The van der Waals surface area contributed by atoms with Crippen LogP contribution in [-0.4, -0.2) is 10.9 Å². The molecule has 0 saturated heterocycles. The summed E-state index contributed by atoms with van der Waals surface area (Å²) in [6, 6.07) is 5.85. The molecule has 1 aromatic rings. The van der Waals surface area contributed by atoms with Gasteiger partial charge in [0.1, 0.15) is 10.3 Å². The van der Waals surface area contributed by atoms with Crippen molar-refractivity contribution in [1.82, 2.24) is 4.98 Å². The van der Waals surface area contributed by atoms with Crippen LogP contribution >= 0.6 is 15.9 Å². The molecule has 0 bridgehead atoms. The second-order valence-corrected chi connectivity index (χ2v) is 2.44. The number of hydrogen-bond donors (Lipinski definition) is 1. The molecule has 1 heterocycles. The minimum absolute atomic E-state index is 0.148. The van der Waals surface area contributed by atoms with Crippen LogP contribution in [0, 0.1) is 6.07 Å². The Kier molecular flexibility index (Phi) is 2.01. The largest absolute Gasteiger partial charge is 0.364 e. The molecule has 0 atom stereocenters. The first-order chi connectivity index (χ1) is 4.70. The van der Waals surface area contributed by atoms with E-state index in [4.69, 9.17) is 5.73 Å². The van der Waals surface area contributed by atoms with E-state index in [1.165, 1.54) is 0 Å². The summed E-state index contributed by atoms with van der Waals surface area (Å²) in [5.41, 5.74) is 5.08. The smallest absolute Gasteiger partial charge is 0.267 e. The molecule has 0 aromatic carbocycles. The van der Waals surface area contributed by atoms with E-state index >= 15 is 0 Å². The fourth-order valence-corrected chi connectivity index (χ4v) is 0.801. The number of carbonyl (C=O) groups is 1. The first-order valence-electron chi connectivity index (χ1n) is 2.54. The number of pyridine rings is 1. The summed E-state index contributed by atoms with van der Waals surface area (Å²) in [4.78, 5) is 14.2. The molecular weight excluding hydrogens is 196 g/mol. The zero-order valence-corrected chi connectivity index (χ0v) is 6.55. The van der Waals surface area contributed by atoms with E-state index in [-0.39, 0.29) is 5.69 Å². The van der Waals surface area contributed by atoms with Gasteiger partial charge in [0.25, 0.3) is 5.91 Å². The van der Waals surface area contributed by atoms with Gasteiger partial charge in [0, 0.05) is 6.07 Å². The van der Waals surface area contributed by atoms with Crippen molar-refractivity contribution in [2.24, 2.45) is 5.73 Å². The van der Waals surface area contributed by atoms with Crippen LogP contribution in [0.3, 0.4) is 0 Å². The molecular formula is C6H4BrN2O. The van der Waals surface area contributed by atoms with E-state index in [9.17, 15) is 4.79 Å². The fourth-order valence-electron chi connectivity index (χ4n) is 0.492. The molecule has 1 aromatic heterocycles. The van der Waals surface area contributed by atoms with Crippen molar-refractivity contribution >= 4 is 21.8 Å². The lowest BCUT2D eigenvalue weighted by Gasteiger charge is -1.91. The number of amides is 1. The molecule has 0 unspecified atom stereocenters. The van der Waals surface area contributed by atoms with Crippen molar-refractivity contribution in [1.29, 1.82) is 0 Å². The van der Waals surface area contributed by atoms with Gasteiger partial charge in [0.05, 0.1) is 0 Å². The maximum atomic E-state index is 10.5. The number of halogens is 1. The summed E-state index contributed by atoms with van der Waals surface area (Å²) in [5.74, 6) is -0.568. The van der Waals surface area contributed by atoms with E-state index in [0.29, 0.717) is 4.60 Å². The summed E-state index contributed by atoms with van der Waals surface area (Å²) >= 11 is 3.09. The van der Waals surface area contributed by atoms with E-state index in [2.05, 4.69) is 27.0 Å². The third kappa shape index (κ3) is 1.54. The summed E-state index contributed by atoms with van der Waals surface area (Å²) in [5, 5.41) is 0. The van der Waals surface area contributed by atoms with Crippen LogP contribution < -0.4 is 5.73 Å². The minimum Gasteiger partial charge on any atom is -0.364 e. The topological polar surface area (TPSA) is 56.0 Å². The van der Waals surface area contributed by atoms with Gasteiger partial charge in [-0.1, -0.05) is 0 Å². The van der Waals surface area contributed by atoms with Gasteiger partial charge in [-0.15, -0.1) is 0 Å². The number of primary amides is 1. The monoisotopic (exact) mass is 199 g/mol. The number of rotatable bonds is 1. The molecule has 2 N–H and O–H groups in total. The Balaban J connectivity index is 3.07. The fraction of sp³-hybridized carbons (Fsp3) is 0. The molecule has 0 aliphatic rings. The van der Waals surface area contributed by atoms with Crippen LogP contribution in [0.4, 0.5) is 0 Å². The van der Waals surface area contributed by atoms with Crippen molar-refractivity contribution in [3.8, 4) is 0 Å². The number of nitrogens with two attached hydrogens (primary N) is 1. The van der Waals surface area contributed by atoms with Crippen LogP contribution in [0.15, 0.2) is 16.7 Å². The van der Waals surface area contributed by atoms with Gasteiger partial charge in [-0.2, -0.15) is 0 Å². The van der Waals surface area contributed by atoms with Gasteiger partial charge in [-0.05, 0) is 28.1 Å². The molecule has 10 heavy (non-hydrogen) atoms. The Morgan fingerprint density at radius 3 is 2.90 bits per heavy atom. The molecule has 0 saturated carbocycles. The Morgan fingerprint density at radius 2 is 2.50 bits per heavy atom. The third-order valence-corrected chi connectivity index (χ3v) is 1.33. The lowest BCUT2D eigenvalue weighted by Crippen LogP contribution is -2.12. The maximum absolute atomic E-state index is 10.5. The predicted octanol–water partition coefficient (Wildman–Crippen LogP) is 0.743. The summed E-state index contributed by atoms with van der Waals surface area (Å²) in [6.07, 6.45) is 0. The molecule has 0 fully saturated rings. The summed E-state index contributed by atoms with van der Waals surface area (Å²) in [6.45, 7) is 0. The number of carbonyl (C=O) groups excluding carboxylic acids is 1. The number of nitrogens with zero attached hydrogens (tertiary/aromatic N) is 1. The molecule has 3 nitrogen and oxygen atoms in total. The standard InChI is InChI=1S/C6H4BrN2O/c7-5-3-1-2-4(9-5)6(8)10/h1,3H,(H2,8,10). The Hall–Kier alpha value is -0.900. The predicted molar refractivity (Wildman–Crippen MR) is 39.3 cm³/mol. The number of hydrogen-bond acceptors (Lipinski definition) is 2.